The number of carbonyl (C=O) groups excluding carboxylic acids is 1. The van der Waals surface area contributed by atoms with Crippen molar-refractivity contribution in [3.05, 3.63) is 0 Å². The van der Waals surface area contributed by atoms with Gasteiger partial charge in [0.05, 0.1) is 4.99 Å². The van der Waals surface area contributed by atoms with Crippen molar-refractivity contribution in [3.8, 4) is 0 Å². The van der Waals surface area contributed by atoms with Gasteiger partial charge in [0.25, 0.3) is 0 Å². The standard InChI is InChI=1S/C15H30N2OS/c1-4-5-6-7-8-9-10-15(18)17(13(2)3)12-11-14(16)19/h13H,4-12H2,1-3H3,(H2,16,19). The lowest BCUT2D eigenvalue weighted by atomic mass is 10.1. The minimum Gasteiger partial charge on any atom is -0.393 e. The van der Waals surface area contributed by atoms with Gasteiger partial charge in [-0.3, -0.25) is 4.79 Å². The van der Waals surface area contributed by atoms with Gasteiger partial charge in [-0.15, -0.1) is 0 Å². The van der Waals surface area contributed by atoms with Crippen molar-refractivity contribution < 1.29 is 4.79 Å². The van der Waals surface area contributed by atoms with E-state index in [1.807, 2.05) is 18.7 Å². The van der Waals surface area contributed by atoms with Crippen LogP contribution in [0.4, 0.5) is 0 Å². The quantitative estimate of drug-likeness (QED) is 0.466. The molecule has 0 bridgehead atoms. The summed E-state index contributed by atoms with van der Waals surface area (Å²) in [5.74, 6) is 0.238. The molecular formula is C15H30N2OS. The fraction of sp³-hybridized carbons (Fsp3) is 0.867. The van der Waals surface area contributed by atoms with Crippen LogP contribution in [-0.4, -0.2) is 28.4 Å². The maximum absolute atomic E-state index is 12.1. The van der Waals surface area contributed by atoms with Crippen LogP contribution in [-0.2, 0) is 4.79 Å². The molecule has 0 heterocycles. The largest absolute Gasteiger partial charge is 0.393 e. The lowest BCUT2D eigenvalue weighted by molar-refractivity contribution is -0.132. The fourth-order valence-corrected chi connectivity index (χ4v) is 2.19. The van der Waals surface area contributed by atoms with E-state index in [0.29, 0.717) is 24.4 Å². The molecule has 2 N–H and O–H groups in total. The molecule has 0 aliphatic rings. The monoisotopic (exact) mass is 286 g/mol. The van der Waals surface area contributed by atoms with Crippen molar-refractivity contribution in [3.63, 3.8) is 0 Å². The molecule has 4 heteroatoms. The number of nitrogens with two attached hydrogens (primary N) is 1. The van der Waals surface area contributed by atoms with Crippen molar-refractivity contribution in [1.29, 1.82) is 0 Å². The fourth-order valence-electron chi connectivity index (χ4n) is 2.10. The van der Waals surface area contributed by atoms with Crippen LogP contribution in [0.25, 0.3) is 0 Å². The van der Waals surface area contributed by atoms with Crippen LogP contribution in [0, 0.1) is 0 Å². The maximum atomic E-state index is 12.1. The first-order valence-corrected chi connectivity index (χ1v) is 7.97. The van der Waals surface area contributed by atoms with Crippen LogP contribution in [0.5, 0.6) is 0 Å². The lowest BCUT2D eigenvalue weighted by Gasteiger charge is -2.26. The van der Waals surface area contributed by atoms with Crippen molar-refractivity contribution in [2.75, 3.05) is 6.54 Å². The Morgan fingerprint density at radius 3 is 2.21 bits per heavy atom. The number of carbonyl (C=O) groups is 1. The second kappa shape index (κ2) is 11.2. The van der Waals surface area contributed by atoms with Gasteiger partial charge in [-0.25, -0.2) is 0 Å². The van der Waals surface area contributed by atoms with Gasteiger partial charge in [0.15, 0.2) is 0 Å². The first-order chi connectivity index (χ1) is 8.99. The van der Waals surface area contributed by atoms with Gasteiger partial charge in [-0.05, 0) is 20.3 Å². The van der Waals surface area contributed by atoms with E-state index in [4.69, 9.17) is 18.0 Å². The molecule has 0 fully saturated rings. The van der Waals surface area contributed by atoms with Crippen molar-refractivity contribution in [2.45, 2.75) is 78.2 Å². The highest BCUT2D eigenvalue weighted by atomic mass is 32.1. The smallest absolute Gasteiger partial charge is 0.222 e. The minimum atomic E-state index is 0.224. The van der Waals surface area contributed by atoms with Gasteiger partial charge in [0.1, 0.15) is 0 Å². The second-order valence-electron chi connectivity index (χ2n) is 5.41. The van der Waals surface area contributed by atoms with Gasteiger partial charge in [0.2, 0.25) is 5.91 Å². The molecule has 1 amide bonds. The molecule has 0 atom stereocenters. The number of nitrogens with zero attached hydrogens (tertiary/aromatic N) is 1. The Hall–Kier alpha value is -0.640. The Labute approximate surface area is 123 Å². The summed E-state index contributed by atoms with van der Waals surface area (Å²) >= 11 is 4.87. The molecule has 0 aliphatic carbocycles. The zero-order valence-electron chi connectivity index (χ0n) is 12.8. The molecule has 0 aromatic heterocycles. The normalized spacial score (nSPS) is 10.7. The number of rotatable bonds is 11. The highest BCUT2D eigenvalue weighted by Gasteiger charge is 2.16. The molecule has 19 heavy (non-hydrogen) atoms. The van der Waals surface area contributed by atoms with Gasteiger partial charge in [-0.2, -0.15) is 0 Å². The van der Waals surface area contributed by atoms with Crippen LogP contribution in [0.1, 0.15) is 72.1 Å². The summed E-state index contributed by atoms with van der Waals surface area (Å²) in [5.41, 5.74) is 5.50. The Morgan fingerprint density at radius 2 is 1.68 bits per heavy atom. The lowest BCUT2D eigenvalue weighted by Crippen LogP contribution is -2.38. The highest BCUT2D eigenvalue weighted by Crippen LogP contribution is 2.10. The molecule has 0 saturated heterocycles. The Bertz CT molecular complexity index is 267. The molecule has 112 valence electrons. The zero-order chi connectivity index (χ0) is 14.7. The van der Waals surface area contributed by atoms with Crippen LogP contribution >= 0.6 is 12.2 Å². The van der Waals surface area contributed by atoms with E-state index in [1.165, 1.54) is 25.7 Å². The molecule has 0 unspecified atom stereocenters. The predicted molar refractivity (Wildman–Crippen MR) is 86.2 cm³/mol. The van der Waals surface area contributed by atoms with Gasteiger partial charge in [0, 0.05) is 25.4 Å². The number of unbranched alkanes of at least 4 members (excludes halogenated alkanes) is 5. The molecule has 0 aromatic carbocycles. The third kappa shape index (κ3) is 9.88. The highest BCUT2D eigenvalue weighted by molar-refractivity contribution is 7.80. The van der Waals surface area contributed by atoms with Crippen LogP contribution in [0.3, 0.4) is 0 Å². The Morgan fingerprint density at radius 1 is 1.11 bits per heavy atom. The van der Waals surface area contributed by atoms with Crippen molar-refractivity contribution in [2.24, 2.45) is 5.73 Å². The summed E-state index contributed by atoms with van der Waals surface area (Å²) in [6.07, 6.45) is 8.54. The van der Waals surface area contributed by atoms with Crippen LogP contribution in [0.2, 0.25) is 0 Å². The molecule has 0 saturated carbocycles. The summed E-state index contributed by atoms with van der Waals surface area (Å²) in [6, 6.07) is 0.224. The first-order valence-electron chi connectivity index (χ1n) is 7.56. The average Bonchev–Trinajstić information content (AvgIpc) is 2.33. The maximum Gasteiger partial charge on any atom is 0.222 e. The minimum absolute atomic E-state index is 0.224. The topological polar surface area (TPSA) is 46.3 Å². The summed E-state index contributed by atoms with van der Waals surface area (Å²) in [6.45, 7) is 6.95. The number of amides is 1. The van der Waals surface area contributed by atoms with E-state index in [-0.39, 0.29) is 11.9 Å². The van der Waals surface area contributed by atoms with E-state index in [0.717, 1.165) is 12.8 Å². The SMILES string of the molecule is CCCCCCCCC(=O)N(CCC(N)=S)C(C)C. The van der Waals surface area contributed by atoms with Crippen molar-refractivity contribution >= 4 is 23.1 Å². The van der Waals surface area contributed by atoms with E-state index < -0.39 is 0 Å². The number of hydrogen-bond donors (Lipinski definition) is 1. The zero-order valence-corrected chi connectivity index (χ0v) is 13.6. The molecule has 0 spiro atoms. The van der Waals surface area contributed by atoms with E-state index in [2.05, 4.69) is 6.92 Å². The van der Waals surface area contributed by atoms with E-state index >= 15 is 0 Å². The summed E-state index contributed by atoms with van der Waals surface area (Å²) in [5, 5.41) is 0. The summed E-state index contributed by atoms with van der Waals surface area (Å²) < 4.78 is 0. The third-order valence-corrected chi connectivity index (χ3v) is 3.49. The van der Waals surface area contributed by atoms with Gasteiger partial charge in [-0.1, -0.05) is 51.2 Å². The predicted octanol–water partition coefficient (Wildman–Crippen LogP) is 3.65. The molecule has 3 nitrogen and oxygen atoms in total. The van der Waals surface area contributed by atoms with Crippen LogP contribution in [0.15, 0.2) is 0 Å². The molecular weight excluding hydrogens is 256 g/mol. The average molecular weight is 286 g/mol. The van der Waals surface area contributed by atoms with Crippen molar-refractivity contribution in [1.82, 2.24) is 4.90 Å². The summed E-state index contributed by atoms with van der Waals surface area (Å²) in [4.78, 5) is 14.5. The van der Waals surface area contributed by atoms with Gasteiger partial charge >= 0.3 is 0 Å². The van der Waals surface area contributed by atoms with E-state index in [9.17, 15) is 4.79 Å². The number of hydrogen-bond acceptors (Lipinski definition) is 2. The molecule has 0 aliphatic heterocycles. The van der Waals surface area contributed by atoms with E-state index in [1.54, 1.807) is 0 Å². The first kappa shape index (κ1) is 18.4. The molecule has 0 aromatic rings. The molecule has 0 rings (SSSR count). The Kier molecular flexibility index (Phi) is 10.8. The van der Waals surface area contributed by atoms with Crippen LogP contribution < -0.4 is 5.73 Å². The Balaban J connectivity index is 3.88. The second-order valence-corrected chi connectivity index (χ2v) is 5.94. The van der Waals surface area contributed by atoms with Gasteiger partial charge < -0.3 is 10.6 Å². The third-order valence-electron chi connectivity index (χ3n) is 3.29. The number of thiocarbonyl (C=S) groups is 1. The molecule has 0 radical (unpaired) electrons. The summed E-state index contributed by atoms with van der Waals surface area (Å²) in [7, 11) is 0.